The van der Waals surface area contributed by atoms with E-state index in [4.69, 9.17) is 10.5 Å². The van der Waals surface area contributed by atoms with Crippen LogP contribution in [0.3, 0.4) is 0 Å². The summed E-state index contributed by atoms with van der Waals surface area (Å²) in [6.45, 7) is 2.97. The van der Waals surface area contributed by atoms with E-state index in [0.29, 0.717) is 11.5 Å². The van der Waals surface area contributed by atoms with E-state index in [1.54, 1.807) is 12.1 Å². The maximum Gasteiger partial charge on any atom is 0.176 e. The number of nitrogens with one attached hydrogen (secondary N) is 1. The minimum Gasteiger partial charge on any atom is -0.493 e. The van der Waals surface area contributed by atoms with Crippen molar-refractivity contribution < 1.29 is 9.53 Å². The maximum absolute atomic E-state index is 11.4. The molecule has 0 spiro atoms. The van der Waals surface area contributed by atoms with Gasteiger partial charge < -0.3 is 15.8 Å². The molecule has 106 valence electrons. The second kappa shape index (κ2) is 8.15. The molecule has 2 rings (SSSR count). The number of piperidine rings is 1. The summed E-state index contributed by atoms with van der Waals surface area (Å²) in [6, 6.07) is 7.22. The molecule has 0 saturated carbocycles. The van der Waals surface area contributed by atoms with Gasteiger partial charge in [-0.1, -0.05) is 0 Å². The molecule has 1 aliphatic rings. The van der Waals surface area contributed by atoms with E-state index in [2.05, 4.69) is 5.32 Å². The molecule has 0 unspecified atom stereocenters. The van der Waals surface area contributed by atoms with Crippen molar-refractivity contribution >= 4 is 18.2 Å². The molecular weight excluding hydrogens is 264 g/mol. The lowest BCUT2D eigenvalue weighted by Crippen LogP contribution is -2.30. The number of carbonyl (C=O) groups excluding carboxylic acids is 1. The van der Waals surface area contributed by atoms with Crippen LogP contribution in [-0.2, 0) is 0 Å². The Hall–Kier alpha value is -1.10. The number of hydrogen-bond acceptors (Lipinski definition) is 4. The molecule has 19 heavy (non-hydrogen) atoms. The largest absolute Gasteiger partial charge is 0.493 e. The highest BCUT2D eigenvalue weighted by Gasteiger charge is 2.13. The van der Waals surface area contributed by atoms with Gasteiger partial charge in [0, 0.05) is 5.56 Å². The van der Waals surface area contributed by atoms with Gasteiger partial charge in [0.15, 0.2) is 5.78 Å². The fraction of sp³-hybridized carbons (Fsp3) is 0.500. The highest BCUT2D eigenvalue weighted by Crippen LogP contribution is 2.17. The molecule has 0 aromatic heterocycles. The lowest BCUT2D eigenvalue weighted by molar-refractivity contribution is 0.100. The number of hydrogen-bond donors (Lipinski definition) is 2. The highest BCUT2D eigenvalue weighted by molar-refractivity contribution is 5.97. The second-order valence-electron chi connectivity index (χ2n) is 4.66. The SMILES string of the molecule is Cl.NCC(=O)c1ccc(OCC2CCNCC2)cc1. The Balaban J connectivity index is 0.00000180. The Kier molecular flexibility index (Phi) is 6.84. The molecule has 3 N–H and O–H groups in total. The van der Waals surface area contributed by atoms with E-state index in [1.165, 1.54) is 12.8 Å². The zero-order valence-electron chi connectivity index (χ0n) is 10.9. The summed E-state index contributed by atoms with van der Waals surface area (Å²) in [5.74, 6) is 1.42. The quantitative estimate of drug-likeness (QED) is 0.807. The van der Waals surface area contributed by atoms with Gasteiger partial charge in [-0.05, 0) is 56.1 Å². The average Bonchev–Trinajstić information content (AvgIpc) is 2.46. The summed E-state index contributed by atoms with van der Waals surface area (Å²) < 4.78 is 5.74. The minimum absolute atomic E-state index is 0. The van der Waals surface area contributed by atoms with E-state index in [1.807, 2.05) is 12.1 Å². The Morgan fingerprint density at radius 3 is 2.47 bits per heavy atom. The van der Waals surface area contributed by atoms with Crippen LogP contribution in [0.15, 0.2) is 24.3 Å². The van der Waals surface area contributed by atoms with Crippen molar-refractivity contribution in [2.24, 2.45) is 11.7 Å². The lowest BCUT2D eigenvalue weighted by atomic mass is 9.99. The van der Waals surface area contributed by atoms with Gasteiger partial charge in [-0.15, -0.1) is 12.4 Å². The van der Waals surface area contributed by atoms with Crippen molar-refractivity contribution in [1.29, 1.82) is 0 Å². The smallest absolute Gasteiger partial charge is 0.176 e. The Labute approximate surface area is 120 Å². The van der Waals surface area contributed by atoms with Crippen LogP contribution in [0.5, 0.6) is 5.75 Å². The van der Waals surface area contributed by atoms with Gasteiger partial charge in [-0.3, -0.25) is 4.79 Å². The second-order valence-corrected chi connectivity index (χ2v) is 4.66. The van der Waals surface area contributed by atoms with Gasteiger partial charge in [-0.2, -0.15) is 0 Å². The number of halogens is 1. The molecule has 1 saturated heterocycles. The molecular formula is C14H21ClN2O2. The summed E-state index contributed by atoms with van der Waals surface area (Å²) in [7, 11) is 0. The van der Waals surface area contributed by atoms with Crippen LogP contribution < -0.4 is 15.8 Å². The zero-order valence-corrected chi connectivity index (χ0v) is 11.7. The zero-order chi connectivity index (χ0) is 12.8. The number of nitrogens with two attached hydrogens (primary N) is 1. The van der Waals surface area contributed by atoms with Crippen LogP contribution in [0, 0.1) is 5.92 Å². The summed E-state index contributed by atoms with van der Waals surface area (Å²) in [6.07, 6.45) is 2.34. The van der Waals surface area contributed by atoms with Crippen molar-refractivity contribution in [3.8, 4) is 5.75 Å². The van der Waals surface area contributed by atoms with Crippen molar-refractivity contribution in [3.05, 3.63) is 29.8 Å². The van der Waals surface area contributed by atoms with Crippen molar-refractivity contribution in [3.63, 3.8) is 0 Å². The van der Waals surface area contributed by atoms with E-state index in [9.17, 15) is 4.79 Å². The summed E-state index contributed by atoms with van der Waals surface area (Å²) in [4.78, 5) is 11.4. The van der Waals surface area contributed by atoms with E-state index in [0.717, 1.165) is 25.4 Å². The number of rotatable bonds is 5. The van der Waals surface area contributed by atoms with Crippen LogP contribution >= 0.6 is 12.4 Å². The molecule has 0 bridgehead atoms. The van der Waals surface area contributed by atoms with Crippen LogP contribution in [0.2, 0.25) is 0 Å². The average molecular weight is 285 g/mol. The first-order valence-corrected chi connectivity index (χ1v) is 6.46. The number of ketones is 1. The van der Waals surface area contributed by atoms with Crippen LogP contribution in [0.4, 0.5) is 0 Å². The van der Waals surface area contributed by atoms with Gasteiger partial charge in [0.2, 0.25) is 0 Å². The molecule has 1 aliphatic heterocycles. The van der Waals surface area contributed by atoms with Gasteiger partial charge >= 0.3 is 0 Å². The number of Topliss-reactive ketones (excluding diaryl/α,β-unsaturated/α-hetero) is 1. The van der Waals surface area contributed by atoms with Gasteiger partial charge in [0.05, 0.1) is 13.2 Å². The molecule has 1 aromatic rings. The number of carbonyl (C=O) groups is 1. The van der Waals surface area contributed by atoms with Crippen molar-refractivity contribution in [2.45, 2.75) is 12.8 Å². The normalized spacial score (nSPS) is 15.6. The molecule has 0 atom stereocenters. The van der Waals surface area contributed by atoms with Crippen LogP contribution in [-0.4, -0.2) is 32.0 Å². The first-order chi connectivity index (χ1) is 8.79. The Bertz CT molecular complexity index is 389. The third-order valence-electron chi connectivity index (χ3n) is 3.31. The summed E-state index contributed by atoms with van der Waals surface area (Å²) in [5, 5.41) is 3.33. The highest BCUT2D eigenvalue weighted by atomic mass is 35.5. The van der Waals surface area contributed by atoms with Crippen molar-refractivity contribution in [1.82, 2.24) is 5.32 Å². The molecule has 1 fully saturated rings. The molecule has 0 radical (unpaired) electrons. The fourth-order valence-electron chi connectivity index (χ4n) is 2.12. The molecule has 4 nitrogen and oxygen atoms in total. The number of benzene rings is 1. The van der Waals surface area contributed by atoms with Crippen LogP contribution in [0.25, 0.3) is 0 Å². The third-order valence-corrected chi connectivity index (χ3v) is 3.31. The number of ether oxygens (including phenoxy) is 1. The van der Waals surface area contributed by atoms with E-state index in [-0.39, 0.29) is 24.7 Å². The van der Waals surface area contributed by atoms with E-state index >= 15 is 0 Å². The van der Waals surface area contributed by atoms with Crippen molar-refractivity contribution in [2.75, 3.05) is 26.2 Å². The van der Waals surface area contributed by atoms with Gasteiger partial charge in [0.25, 0.3) is 0 Å². The molecule has 0 amide bonds. The first kappa shape index (κ1) is 16.0. The minimum atomic E-state index is -0.0418. The molecule has 0 aliphatic carbocycles. The summed E-state index contributed by atoms with van der Waals surface area (Å²) in [5.41, 5.74) is 5.96. The molecule has 1 heterocycles. The standard InChI is InChI=1S/C14H20N2O2.ClH/c15-9-14(17)12-1-3-13(4-2-12)18-10-11-5-7-16-8-6-11;/h1-4,11,16H,5-10,15H2;1H. The third kappa shape index (κ3) is 4.82. The Morgan fingerprint density at radius 2 is 1.89 bits per heavy atom. The maximum atomic E-state index is 11.4. The molecule has 1 aromatic carbocycles. The first-order valence-electron chi connectivity index (χ1n) is 6.46. The Morgan fingerprint density at radius 1 is 1.26 bits per heavy atom. The van der Waals surface area contributed by atoms with Gasteiger partial charge in [0.1, 0.15) is 5.75 Å². The van der Waals surface area contributed by atoms with Gasteiger partial charge in [-0.25, -0.2) is 0 Å². The lowest BCUT2D eigenvalue weighted by Gasteiger charge is -2.22. The van der Waals surface area contributed by atoms with E-state index < -0.39 is 0 Å². The fourth-order valence-corrected chi connectivity index (χ4v) is 2.12. The topological polar surface area (TPSA) is 64.4 Å². The van der Waals surface area contributed by atoms with Crippen LogP contribution in [0.1, 0.15) is 23.2 Å². The summed E-state index contributed by atoms with van der Waals surface area (Å²) >= 11 is 0. The predicted octanol–water partition coefficient (Wildman–Crippen LogP) is 1.63. The monoisotopic (exact) mass is 284 g/mol. The molecule has 5 heteroatoms. The predicted molar refractivity (Wildman–Crippen MR) is 78.2 cm³/mol.